The van der Waals surface area contributed by atoms with Crippen molar-refractivity contribution in [2.24, 2.45) is 0 Å². The molecule has 0 aliphatic rings. The van der Waals surface area contributed by atoms with Gasteiger partial charge in [-0.1, -0.05) is 0 Å². The quantitative estimate of drug-likeness (QED) is 0.546. The Balaban J connectivity index is 3.06. The third-order valence-electron chi connectivity index (χ3n) is 0.614. The molecule has 2 N–H and O–H groups in total. The number of aliphatic hydroxyl groups excluding tert-OH is 1. The van der Waals surface area contributed by atoms with Gasteiger partial charge in [-0.25, -0.2) is 4.79 Å². The molecular weight excluding hydrogens is 122 g/mol. The number of amides is 1. The van der Waals surface area contributed by atoms with E-state index in [4.69, 9.17) is 5.11 Å². The topological polar surface area (TPSA) is 58.6 Å². The van der Waals surface area contributed by atoms with Crippen molar-refractivity contribution in [1.29, 1.82) is 0 Å². The van der Waals surface area contributed by atoms with Crippen LogP contribution in [0.3, 0.4) is 0 Å². The first-order valence-electron chi connectivity index (χ1n) is 2.62. The minimum Gasteiger partial charge on any atom is -0.450 e. The molecule has 0 spiro atoms. The highest BCUT2D eigenvalue weighted by Crippen LogP contribution is 1.72. The van der Waals surface area contributed by atoms with Gasteiger partial charge in [0.25, 0.3) is 0 Å². The van der Waals surface area contributed by atoms with Crippen molar-refractivity contribution in [1.82, 2.24) is 5.32 Å². The van der Waals surface area contributed by atoms with Crippen LogP contribution in [0.1, 0.15) is 0 Å². The molecule has 53 valence electrons. The number of alkyl carbamates (subject to hydrolysis) is 1. The van der Waals surface area contributed by atoms with E-state index in [1.807, 2.05) is 0 Å². The van der Waals surface area contributed by atoms with E-state index in [-0.39, 0.29) is 19.8 Å². The summed E-state index contributed by atoms with van der Waals surface area (Å²) in [5, 5.41) is 10.5. The van der Waals surface area contributed by atoms with Crippen LogP contribution in [-0.2, 0) is 4.74 Å². The minimum absolute atomic E-state index is 0.0771. The first kappa shape index (κ1) is 8.23. The Morgan fingerprint density at radius 2 is 2.44 bits per heavy atom. The molecule has 0 aromatic heterocycles. The lowest BCUT2D eigenvalue weighted by Gasteiger charge is -2.00. The summed E-state index contributed by atoms with van der Waals surface area (Å²) >= 11 is 0. The van der Waals surface area contributed by atoms with Gasteiger partial charge in [-0.2, -0.15) is 0 Å². The summed E-state index contributed by atoms with van der Waals surface area (Å²) in [5.41, 5.74) is 0. The van der Waals surface area contributed by atoms with Crippen LogP contribution in [0.25, 0.3) is 0 Å². The maximum Gasteiger partial charge on any atom is 0.407 e. The van der Waals surface area contributed by atoms with Crippen molar-refractivity contribution in [3.05, 3.63) is 6.92 Å². The lowest BCUT2D eigenvalue weighted by Crippen LogP contribution is -2.26. The summed E-state index contributed by atoms with van der Waals surface area (Å²) < 4.78 is 4.37. The normalized spacial score (nSPS) is 8.67. The van der Waals surface area contributed by atoms with Crippen molar-refractivity contribution < 1.29 is 14.6 Å². The van der Waals surface area contributed by atoms with E-state index < -0.39 is 6.09 Å². The predicted molar refractivity (Wildman–Crippen MR) is 31.8 cm³/mol. The molecule has 1 radical (unpaired) electrons. The summed E-state index contributed by atoms with van der Waals surface area (Å²) in [6.45, 7) is 3.54. The highest BCUT2D eigenvalue weighted by molar-refractivity contribution is 5.67. The summed E-state index contributed by atoms with van der Waals surface area (Å²) in [6, 6.07) is 0. The second-order valence-corrected chi connectivity index (χ2v) is 1.29. The molecule has 0 rings (SSSR count). The number of nitrogens with one attached hydrogen (secondary N) is 1. The van der Waals surface area contributed by atoms with Gasteiger partial charge in [-0.3, -0.25) is 0 Å². The molecule has 9 heavy (non-hydrogen) atoms. The molecule has 0 saturated carbocycles. The number of hydrogen-bond donors (Lipinski definition) is 2. The Labute approximate surface area is 53.8 Å². The standard InChI is InChI=1S/C5H10NO3/c1-2-9-5(8)6-3-4-7/h7H,1-4H2,(H,6,8). The third kappa shape index (κ3) is 5.10. The van der Waals surface area contributed by atoms with Gasteiger partial charge >= 0.3 is 6.09 Å². The van der Waals surface area contributed by atoms with Crippen molar-refractivity contribution >= 4 is 6.09 Å². The molecule has 0 heterocycles. The molecule has 1 amide bonds. The van der Waals surface area contributed by atoms with E-state index in [2.05, 4.69) is 17.0 Å². The lowest BCUT2D eigenvalue weighted by atomic mass is 10.7. The maximum absolute atomic E-state index is 10.3. The molecule has 0 aromatic rings. The van der Waals surface area contributed by atoms with Crippen LogP contribution in [0.15, 0.2) is 0 Å². The highest BCUT2D eigenvalue weighted by atomic mass is 16.5. The molecule has 0 aliphatic carbocycles. The second kappa shape index (κ2) is 5.37. The molecule has 4 nitrogen and oxygen atoms in total. The zero-order valence-electron chi connectivity index (χ0n) is 5.09. The van der Waals surface area contributed by atoms with Crippen LogP contribution in [0.2, 0.25) is 0 Å². The van der Waals surface area contributed by atoms with Gasteiger partial charge < -0.3 is 15.2 Å². The van der Waals surface area contributed by atoms with E-state index in [9.17, 15) is 4.79 Å². The van der Waals surface area contributed by atoms with Crippen molar-refractivity contribution in [2.75, 3.05) is 19.8 Å². The Hall–Kier alpha value is -0.770. The average molecular weight is 132 g/mol. The minimum atomic E-state index is -0.543. The summed E-state index contributed by atoms with van der Waals surface area (Å²) in [7, 11) is 0. The Kier molecular flexibility index (Phi) is 4.91. The molecular formula is C5H10NO3. The van der Waals surface area contributed by atoms with Crippen LogP contribution in [-0.4, -0.2) is 31.0 Å². The molecule has 0 bridgehead atoms. The monoisotopic (exact) mass is 132 g/mol. The smallest absolute Gasteiger partial charge is 0.407 e. The fourth-order valence-corrected chi connectivity index (χ4v) is 0.302. The van der Waals surface area contributed by atoms with Crippen molar-refractivity contribution in [3.63, 3.8) is 0 Å². The van der Waals surface area contributed by atoms with Crippen LogP contribution >= 0.6 is 0 Å². The molecule has 0 aromatic carbocycles. The number of aliphatic hydroxyl groups is 1. The van der Waals surface area contributed by atoms with Gasteiger partial charge in [0.1, 0.15) is 0 Å². The van der Waals surface area contributed by atoms with Crippen molar-refractivity contribution in [2.45, 2.75) is 0 Å². The van der Waals surface area contributed by atoms with Gasteiger partial charge in [0.05, 0.1) is 13.2 Å². The number of carbonyl (C=O) groups excluding carboxylic acids is 1. The van der Waals surface area contributed by atoms with Crippen molar-refractivity contribution in [3.8, 4) is 0 Å². The number of rotatable bonds is 3. The van der Waals surface area contributed by atoms with E-state index >= 15 is 0 Å². The SMILES string of the molecule is [CH2]COC(=O)NCCO. The lowest BCUT2D eigenvalue weighted by molar-refractivity contribution is 0.154. The molecule has 0 saturated heterocycles. The van der Waals surface area contributed by atoms with Crippen LogP contribution in [0, 0.1) is 6.92 Å². The Morgan fingerprint density at radius 3 is 2.89 bits per heavy atom. The summed E-state index contributed by atoms with van der Waals surface area (Å²) in [6.07, 6.45) is -0.543. The largest absolute Gasteiger partial charge is 0.450 e. The fourth-order valence-electron chi connectivity index (χ4n) is 0.302. The molecule has 0 fully saturated rings. The first-order valence-corrected chi connectivity index (χ1v) is 2.62. The van der Waals surface area contributed by atoms with Gasteiger partial charge in [-0.05, 0) is 6.92 Å². The van der Waals surface area contributed by atoms with Gasteiger partial charge in [0.2, 0.25) is 0 Å². The van der Waals surface area contributed by atoms with Crippen LogP contribution in [0.5, 0.6) is 0 Å². The summed E-state index contributed by atoms with van der Waals surface area (Å²) in [5.74, 6) is 0. The van der Waals surface area contributed by atoms with E-state index in [0.29, 0.717) is 0 Å². The molecule has 0 atom stereocenters. The Bertz CT molecular complexity index is 84.3. The van der Waals surface area contributed by atoms with E-state index in [1.54, 1.807) is 0 Å². The van der Waals surface area contributed by atoms with Crippen LogP contribution < -0.4 is 5.32 Å². The van der Waals surface area contributed by atoms with E-state index in [1.165, 1.54) is 0 Å². The van der Waals surface area contributed by atoms with Gasteiger partial charge in [0.15, 0.2) is 0 Å². The second-order valence-electron chi connectivity index (χ2n) is 1.29. The average Bonchev–Trinajstić information content (AvgIpc) is 1.85. The fraction of sp³-hybridized carbons (Fsp3) is 0.600. The van der Waals surface area contributed by atoms with Gasteiger partial charge in [0, 0.05) is 6.54 Å². The molecule has 0 aliphatic heterocycles. The zero-order valence-corrected chi connectivity index (χ0v) is 5.09. The molecule has 0 unspecified atom stereocenters. The third-order valence-corrected chi connectivity index (χ3v) is 0.614. The summed E-state index contributed by atoms with van der Waals surface area (Å²) in [4.78, 5) is 10.3. The van der Waals surface area contributed by atoms with Crippen LogP contribution in [0.4, 0.5) is 4.79 Å². The highest BCUT2D eigenvalue weighted by Gasteiger charge is 1.95. The molecule has 4 heteroatoms. The zero-order chi connectivity index (χ0) is 7.11. The number of hydrogen-bond acceptors (Lipinski definition) is 3. The maximum atomic E-state index is 10.3. The Morgan fingerprint density at radius 1 is 1.78 bits per heavy atom. The van der Waals surface area contributed by atoms with E-state index in [0.717, 1.165) is 0 Å². The van der Waals surface area contributed by atoms with Gasteiger partial charge in [-0.15, -0.1) is 0 Å². The predicted octanol–water partition coefficient (Wildman–Crippen LogP) is -0.461. The number of ether oxygens (including phenoxy) is 1. The number of carbonyl (C=O) groups is 1. The first-order chi connectivity index (χ1) is 4.31.